The van der Waals surface area contributed by atoms with Crippen LogP contribution in [0.1, 0.15) is 31.4 Å². The average molecular weight is 374 g/mol. The first-order valence-corrected chi connectivity index (χ1v) is 7.94. The van der Waals surface area contributed by atoms with Crippen molar-refractivity contribution < 1.29 is 32.7 Å². The van der Waals surface area contributed by atoms with E-state index in [-0.39, 0.29) is 17.9 Å². The second-order valence-electron chi connectivity index (χ2n) is 6.20. The molecule has 1 aromatic rings. The van der Waals surface area contributed by atoms with Gasteiger partial charge in [0.1, 0.15) is 6.04 Å². The zero-order valence-electron chi connectivity index (χ0n) is 14.4. The van der Waals surface area contributed by atoms with Gasteiger partial charge in [0.05, 0.1) is 18.5 Å². The molecule has 0 radical (unpaired) electrons. The lowest BCUT2D eigenvalue weighted by molar-refractivity contribution is -0.142. The first-order chi connectivity index (χ1) is 12.0. The van der Waals surface area contributed by atoms with Crippen LogP contribution in [0.3, 0.4) is 0 Å². The molecule has 0 fully saturated rings. The molecule has 0 heterocycles. The third kappa shape index (κ3) is 7.12. The third-order valence-electron chi connectivity index (χ3n) is 3.46. The van der Waals surface area contributed by atoms with E-state index in [9.17, 15) is 27.6 Å². The Bertz CT molecular complexity index is 660. The number of hydrogen-bond donors (Lipinski definition) is 3. The van der Waals surface area contributed by atoms with Crippen LogP contribution < -0.4 is 10.6 Å². The lowest BCUT2D eigenvalue weighted by Crippen LogP contribution is -2.46. The van der Waals surface area contributed by atoms with E-state index in [0.29, 0.717) is 0 Å². The van der Waals surface area contributed by atoms with Crippen LogP contribution in [-0.4, -0.2) is 35.5 Å². The minimum absolute atomic E-state index is 0.0323. The van der Waals surface area contributed by atoms with Crippen molar-refractivity contribution in [3.8, 4) is 0 Å². The maximum Gasteiger partial charge on any atom is 0.416 e. The second-order valence-corrected chi connectivity index (χ2v) is 6.20. The van der Waals surface area contributed by atoms with Gasteiger partial charge in [-0.05, 0) is 24.0 Å². The van der Waals surface area contributed by atoms with Crippen LogP contribution in [0.4, 0.5) is 13.2 Å². The van der Waals surface area contributed by atoms with E-state index in [0.717, 1.165) is 6.07 Å². The Morgan fingerprint density at radius 2 is 1.73 bits per heavy atom. The summed E-state index contributed by atoms with van der Waals surface area (Å²) in [6, 6.07) is 3.57. The first-order valence-electron chi connectivity index (χ1n) is 7.94. The van der Waals surface area contributed by atoms with Crippen molar-refractivity contribution in [1.82, 2.24) is 10.6 Å². The maximum atomic E-state index is 12.9. The molecular formula is C17H21F3N2O4. The molecule has 3 N–H and O–H groups in total. The minimum atomic E-state index is -4.58. The van der Waals surface area contributed by atoms with Crippen molar-refractivity contribution in [2.24, 2.45) is 5.92 Å². The standard InChI is InChI=1S/C17H21F3N2O4/c1-10(2)7-13(16(25)26)22-15(24)9-21-14(23)8-11-5-3-4-6-12(11)17(18,19)20/h3-6,10,13H,7-9H2,1-2H3,(H,21,23)(H,22,24)(H,25,26)/t13-/m0/s1. The number of carbonyl (C=O) groups is 3. The van der Waals surface area contributed by atoms with E-state index < -0.39 is 48.5 Å². The van der Waals surface area contributed by atoms with Crippen molar-refractivity contribution >= 4 is 17.8 Å². The van der Waals surface area contributed by atoms with E-state index in [1.165, 1.54) is 18.2 Å². The molecule has 0 saturated carbocycles. The summed E-state index contributed by atoms with van der Waals surface area (Å²) < 4.78 is 38.7. The molecule has 6 nitrogen and oxygen atoms in total. The predicted octanol–water partition coefficient (Wildman–Crippen LogP) is 1.98. The number of rotatable bonds is 8. The van der Waals surface area contributed by atoms with Crippen LogP contribution in [0.5, 0.6) is 0 Å². The van der Waals surface area contributed by atoms with E-state index in [1.54, 1.807) is 13.8 Å². The Balaban J connectivity index is 2.60. The number of amides is 2. The number of halogens is 3. The summed E-state index contributed by atoms with van der Waals surface area (Å²) >= 11 is 0. The van der Waals surface area contributed by atoms with E-state index >= 15 is 0 Å². The first kappa shape index (κ1) is 21.5. The lowest BCUT2D eigenvalue weighted by atomic mass is 10.0. The van der Waals surface area contributed by atoms with Gasteiger partial charge >= 0.3 is 12.1 Å². The molecular weight excluding hydrogens is 353 g/mol. The Kier molecular flexibility index (Phi) is 7.60. The van der Waals surface area contributed by atoms with Crippen LogP contribution in [0, 0.1) is 5.92 Å². The summed E-state index contributed by atoms with van der Waals surface area (Å²) in [5.41, 5.74) is -1.12. The minimum Gasteiger partial charge on any atom is -0.480 e. The fourth-order valence-electron chi connectivity index (χ4n) is 2.30. The smallest absolute Gasteiger partial charge is 0.416 e. The molecule has 0 aliphatic heterocycles. The van der Waals surface area contributed by atoms with E-state index in [1.807, 2.05) is 0 Å². The van der Waals surface area contributed by atoms with Gasteiger partial charge < -0.3 is 15.7 Å². The van der Waals surface area contributed by atoms with Crippen molar-refractivity contribution in [1.29, 1.82) is 0 Å². The quantitative estimate of drug-likeness (QED) is 0.648. The molecule has 9 heteroatoms. The highest BCUT2D eigenvalue weighted by Crippen LogP contribution is 2.31. The Hall–Kier alpha value is -2.58. The maximum absolute atomic E-state index is 12.9. The predicted molar refractivity (Wildman–Crippen MR) is 87.2 cm³/mol. The SMILES string of the molecule is CC(C)C[C@H](NC(=O)CNC(=O)Cc1ccccc1C(F)(F)F)C(=O)O. The zero-order chi connectivity index (χ0) is 19.9. The number of carbonyl (C=O) groups excluding carboxylic acids is 2. The van der Waals surface area contributed by atoms with Crippen LogP contribution >= 0.6 is 0 Å². The Morgan fingerprint density at radius 3 is 2.27 bits per heavy atom. The van der Waals surface area contributed by atoms with Gasteiger partial charge in [0.2, 0.25) is 11.8 Å². The molecule has 144 valence electrons. The number of hydrogen-bond acceptors (Lipinski definition) is 3. The molecule has 1 atom stereocenters. The van der Waals surface area contributed by atoms with Crippen molar-refractivity contribution in [2.45, 2.75) is 38.9 Å². The molecule has 0 saturated heterocycles. The van der Waals surface area contributed by atoms with Gasteiger partial charge in [0, 0.05) is 0 Å². The summed E-state index contributed by atoms with van der Waals surface area (Å²) in [6.07, 6.45) is -4.91. The Morgan fingerprint density at radius 1 is 1.12 bits per heavy atom. The van der Waals surface area contributed by atoms with Gasteiger partial charge in [-0.15, -0.1) is 0 Å². The molecule has 0 aliphatic carbocycles. The highest BCUT2D eigenvalue weighted by Gasteiger charge is 2.33. The largest absolute Gasteiger partial charge is 0.480 e. The summed E-state index contributed by atoms with van der Waals surface area (Å²) in [6.45, 7) is 3.07. The molecule has 1 rings (SSSR count). The third-order valence-corrected chi connectivity index (χ3v) is 3.46. The monoisotopic (exact) mass is 374 g/mol. The molecule has 0 bridgehead atoms. The molecule has 26 heavy (non-hydrogen) atoms. The summed E-state index contributed by atoms with van der Waals surface area (Å²) in [7, 11) is 0. The number of alkyl halides is 3. The Labute approximate surface area is 148 Å². The fourth-order valence-corrected chi connectivity index (χ4v) is 2.30. The molecule has 2 amide bonds. The highest BCUT2D eigenvalue weighted by molar-refractivity contribution is 5.88. The summed E-state index contributed by atoms with van der Waals surface area (Å²) in [4.78, 5) is 34.6. The second kappa shape index (κ2) is 9.21. The van der Waals surface area contributed by atoms with Crippen LogP contribution in [0.15, 0.2) is 24.3 Å². The van der Waals surface area contributed by atoms with Crippen LogP contribution in [0.2, 0.25) is 0 Å². The molecule has 1 aromatic carbocycles. The number of carboxylic acids is 1. The summed E-state index contributed by atoms with van der Waals surface area (Å²) in [5, 5.41) is 13.5. The van der Waals surface area contributed by atoms with Gasteiger partial charge in [0.25, 0.3) is 0 Å². The van der Waals surface area contributed by atoms with Crippen LogP contribution in [-0.2, 0) is 27.0 Å². The number of nitrogens with one attached hydrogen (secondary N) is 2. The normalized spacial score (nSPS) is 12.5. The van der Waals surface area contributed by atoms with E-state index in [2.05, 4.69) is 10.6 Å². The fraction of sp³-hybridized carbons (Fsp3) is 0.471. The van der Waals surface area contributed by atoms with Gasteiger partial charge in [-0.2, -0.15) is 13.2 Å². The lowest BCUT2D eigenvalue weighted by Gasteiger charge is -2.17. The number of aliphatic carboxylic acids is 1. The summed E-state index contributed by atoms with van der Waals surface area (Å²) in [5.74, 6) is -2.66. The molecule has 0 unspecified atom stereocenters. The van der Waals surface area contributed by atoms with Crippen molar-refractivity contribution in [2.75, 3.05) is 6.54 Å². The van der Waals surface area contributed by atoms with Crippen molar-refractivity contribution in [3.63, 3.8) is 0 Å². The molecule has 0 aliphatic rings. The topological polar surface area (TPSA) is 95.5 Å². The number of carboxylic acid groups (broad SMARTS) is 1. The van der Waals surface area contributed by atoms with Gasteiger partial charge in [-0.1, -0.05) is 32.0 Å². The van der Waals surface area contributed by atoms with Crippen LogP contribution in [0.25, 0.3) is 0 Å². The average Bonchev–Trinajstić information content (AvgIpc) is 2.51. The number of benzene rings is 1. The zero-order valence-corrected chi connectivity index (χ0v) is 14.4. The molecule has 0 aromatic heterocycles. The van der Waals surface area contributed by atoms with E-state index in [4.69, 9.17) is 5.11 Å². The van der Waals surface area contributed by atoms with Gasteiger partial charge in [0.15, 0.2) is 0 Å². The molecule has 0 spiro atoms. The highest BCUT2D eigenvalue weighted by atomic mass is 19.4. The van der Waals surface area contributed by atoms with Crippen molar-refractivity contribution in [3.05, 3.63) is 35.4 Å². The van der Waals surface area contributed by atoms with Gasteiger partial charge in [-0.25, -0.2) is 4.79 Å². The van der Waals surface area contributed by atoms with Gasteiger partial charge in [-0.3, -0.25) is 9.59 Å².